The molecular weight excluding hydrogens is 352 g/mol. The van der Waals surface area contributed by atoms with E-state index in [-0.39, 0.29) is 29.6 Å². The Hall–Kier alpha value is -1.49. The summed E-state index contributed by atoms with van der Waals surface area (Å²) < 4.78 is 0. The van der Waals surface area contributed by atoms with E-state index in [1.54, 1.807) is 11.8 Å². The molecule has 2 aromatic rings. The average Bonchev–Trinajstić information content (AvgIpc) is 2.63. The third-order valence-corrected chi connectivity index (χ3v) is 5.69. The van der Waals surface area contributed by atoms with Crippen LogP contribution in [0.3, 0.4) is 0 Å². The van der Waals surface area contributed by atoms with Crippen LogP contribution in [-0.4, -0.2) is 24.5 Å². The van der Waals surface area contributed by atoms with Gasteiger partial charge in [-0.3, -0.25) is 4.79 Å². The second kappa shape index (κ2) is 9.85. The molecule has 1 aliphatic heterocycles. The summed E-state index contributed by atoms with van der Waals surface area (Å²) in [5.74, 6) is 0.0932. The number of benzene rings is 2. The first-order valence-corrected chi connectivity index (χ1v) is 9.42. The molecule has 0 spiro atoms. The highest BCUT2D eigenvalue weighted by Gasteiger charge is 2.27. The van der Waals surface area contributed by atoms with Crippen molar-refractivity contribution in [1.82, 2.24) is 10.6 Å². The van der Waals surface area contributed by atoms with Crippen LogP contribution in [-0.2, 0) is 4.79 Å². The summed E-state index contributed by atoms with van der Waals surface area (Å²) in [5.41, 5.74) is 1.04. The van der Waals surface area contributed by atoms with Gasteiger partial charge in [-0.05, 0) is 44.0 Å². The van der Waals surface area contributed by atoms with Crippen LogP contribution in [0, 0.1) is 0 Å². The Morgan fingerprint density at radius 2 is 1.76 bits per heavy atom. The number of hydrogen-bond donors (Lipinski definition) is 2. The zero-order chi connectivity index (χ0) is 16.8. The lowest BCUT2D eigenvalue weighted by Crippen LogP contribution is -2.52. The standard InChI is InChI=1S/C20H24N2OS.ClH/c1-15-18(13-8-14-21-15)22-20(23)19(16-9-4-2-5-10-16)24-17-11-6-3-7-12-17;/h2-7,9-12,15,18-19,21H,8,13-14H2,1H3,(H,22,23);1H. The molecule has 25 heavy (non-hydrogen) atoms. The van der Waals surface area contributed by atoms with Gasteiger partial charge in [0.15, 0.2) is 0 Å². The summed E-state index contributed by atoms with van der Waals surface area (Å²) >= 11 is 1.61. The average molecular weight is 377 g/mol. The maximum absolute atomic E-state index is 13.0. The Labute approximate surface area is 160 Å². The first kappa shape index (κ1) is 19.8. The number of amides is 1. The highest BCUT2D eigenvalue weighted by Crippen LogP contribution is 2.35. The molecule has 0 bridgehead atoms. The van der Waals surface area contributed by atoms with Crippen LogP contribution in [0.1, 0.15) is 30.6 Å². The fourth-order valence-corrected chi connectivity index (χ4v) is 4.09. The Balaban J connectivity index is 0.00000225. The van der Waals surface area contributed by atoms with Gasteiger partial charge in [0.1, 0.15) is 5.25 Å². The van der Waals surface area contributed by atoms with Gasteiger partial charge in [-0.2, -0.15) is 0 Å². The minimum atomic E-state index is -0.234. The molecule has 3 atom stereocenters. The minimum absolute atomic E-state index is 0. The molecule has 5 heteroatoms. The fourth-order valence-electron chi connectivity index (χ4n) is 3.04. The maximum Gasteiger partial charge on any atom is 0.238 e. The Kier molecular flexibility index (Phi) is 7.82. The highest BCUT2D eigenvalue weighted by molar-refractivity contribution is 8.00. The summed E-state index contributed by atoms with van der Waals surface area (Å²) in [5, 5.41) is 6.48. The quantitative estimate of drug-likeness (QED) is 0.768. The summed E-state index contributed by atoms with van der Waals surface area (Å²) in [7, 11) is 0. The van der Waals surface area contributed by atoms with Crippen molar-refractivity contribution in [2.75, 3.05) is 6.54 Å². The zero-order valence-electron chi connectivity index (χ0n) is 14.4. The lowest BCUT2D eigenvalue weighted by molar-refractivity contribution is -0.121. The number of rotatable bonds is 5. The molecule has 3 rings (SSSR count). The highest BCUT2D eigenvalue weighted by atomic mass is 35.5. The Morgan fingerprint density at radius 3 is 2.40 bits per heavy atom. The molecule has 1 amide bonds. The molecule has 3 unspecified atom stereocenters. The van der Waals surface area contributed by atoms with E-state index in [2.05, 4.69) is 29.7 Å². The topological polar surface area (TPSA) is 41.1 Å². The number of nitrogens with one attached hydrogen (secondary N) is 2. The molecule has 0 radical (unpaired) electrons. The summed E-state index contributed by atoms with van der Waals surface area (Å²) in [6.45, 7) is 3.18. The van der Waals surface area contributed by atoms with Crippen LogP contribution in [0.2, 0.25) is 0 Å². The van der Waals surface area contributed by atoms with E-state index in [1.807, 2.05) is 48.5 Å². The molecule has 0 aliphatic carbocycles. The first-order chi connectivity index (χ1) is 11.7. The third-order valence-electron chi connectivity index (χ3n) is 4.43. The van der Waals surface area contributed by atoms with Crippen LogP contribution in [0.4, 0.5) is 0 Å². The van der Waals surface area contributed by atoms with Crippen molar-refractivity contribution in [1.29, 1.82) is 0 Å². The maximum atomic E-state index is 13.0. The number of carbonyl (C=O) groups is 1. The van der Waals surface area contributed by atoms with Crippen LogP contribution in [0.5, 0.6) is 0 Å². The van der Waals surface area contributed by atoms with Gasteiger partial charge in [-0.1, -0.05) is 48.5 Å². The third kappa shape index (κ3) is 5.50. The van der Waals surface area contributed by atoms with Crippen molar-refractivity contribution in [3.8, 4) is 0 Å². The fraction of sp³-hybridized carbons (Fsp3) is 0.350. The van der Waals surface area contributed by atoms with Gasteiger partial charge in [-0.15, -0.1) is 24.2 Å². The van der Waals surface area contributed by atoms with Gasteiger partial charge >= 0.3 is 0 Å². The van der Waals surface area contributed by atoms with E-state index in [1.165, 1.54) is 0 Å². The Morgan fingerprint density at radius 1 is 1.12 bits per heavy atom. The van der Waals surface area contributed by atoms with Gasteiger partial charge < -0.3 is 10.6 Å². The summed E-state index contributed by atoms with van der Waals surface area (Å²) in [6, 6.07) is 20.7. The molecular formula is C20H25ClN2OS. The largest absolute Gasteiger partial charge is 0.351 e. The second-order valence-electron chi connectivity index (χ2n) is 6.22. The van der Waals surface area contributed by atoms with E-state index in [0.29, 0.717) is 6.04 Å². The van der Waals surface area contributed by atoms with E-state index in [4.69, 9.17) is 0 Å². The van der Waals surface area contributed by atoms with Gasteiger partial charge in [0.25, 0.3) is 0 Å². The predicted octanol–water partition coefficient (Wildman–Crippen LogP) is 4.20. The molecule has 0 saturated carbocycles. The SMILES string of the molecule is CC1NCCCC1NC(=O)C(Sc1ccccc1)c1ccccc1.Cl. The van der Waals surface area contributed by atoms with Crippen molar-refractivity contribution in [2.24, 2.45) is 0 Å². The smallest absolute Gasteiger partial charge is 0.238 e. The molecule has 3 nitrogen and oxygen atoms in total. The predicted molar refractivity (Wildman–Crippen MR) is 107 cm³/mol. The van der Waals surface area contributed by atoms with Gasteiger partial charge in [0.05, 0.1) is 0 Å². The monoisotopic (exact) mass is 376 g/mol. The van der Waals surface area contributed by atoms with E-state index >= 15 is 0 Å². The van der Waals surface area contributed by atoms with Crippen LogP contribution < -0.4 is 10.6 Å². The van der Waals surface area contributed by atoms with Crippen LogP contribution >= 0.6 is 24.2 Å². The zero-order valence-corrected chi connectivity index (χ0v) is 16.0. The molecule has 134 valence electrons. The Bertz CT molecular complexity index is 653. The number of halogens is 1. The van der Waals surface area contributed by atoms with Crippen LogP contribution in [0.15, 0.2) is 65.6 Å². The number of piperidine rings is 1. The lowest BCUT2D eigenvalue weighted by atomic mass is 9.99. The van der Waals surface area contributed by atoms with E-state index in [9.17, 15) is 4.79 Å². The van der Waals surface area contributed by atoms with Crippen molar-refractivity contribution in [2.45, 2.75) is 42.0 Å². The lowest BCUT2D eigenvalue weighted by Gasteiger charge is -2.32. The molecule has 1 fully saturated rings. The molecule has 1 aliphatic rings. The number of hydrogen-bond acceptors (Lipinski definition) is 3. The van der Waals surface area contributed by atoms with Crippen molar-refractivity contribution >= 4 is 30.1 Å². The molecule has 1 saturated heterocycles. The first-order valence-electron chi connectivity index (χ1n) is 8.54. The van der Waals surface area contributed by atoms with Gasteiger partial charge in [0, 0.05) is 17.0 Å². The van der Waals surface area contributed by atoms with Crippen molar-refractivity contribution in [3.63, 3.8) is 0 Å². The van der Waals surface area contributed by atoms with Gasteiger partial charge in [0.2, 0.25) is 5.91 Å². The molecule has 0 aromatic heterocycles. The van der Waals surface area contributed by atoms with Crippen molar-refractivity contribution in [3.05, 3.63) is 66.2 Å². The number of carbonyl (C=O) groups excluding carboxylic acids is 1. The van der Waals surface area contributed by atoms with E-state index in [0.717, 1.165) is 29.8 Å². The molecule has 2 aromatic carbocycles. The summed E-state index contributed by atoms with van der Waals surface area (Å²) in [4.78, 5) is 14.1. The minimum Gasteiger partial charge on any atom is -0.351 e. The number of thioether (sulfide) groups is 1. The van der Waals surface area contributed by atoms with E-state index < -0.39 is 0 Å². The molecule has 1 heterocycles. The summed E-state index contributed by atoms with van der Waals surface area (Å²) in [6.07, 6.45) is 2.15. The second-order valence-corrected chi connectivity index (χ2v) is 7.40. The van der Waals surface area contributed by atoms with Gasteiger partial charge in [-0.25, -0.2) is 0 Å². The molecule has 2 N–H and O–H groups in total. The van der Waals surface area contributed by atoms with Crippen LogP contribution in [0.25, 0.3) is 0 Å². The normalized spacial score (nSPS) is 21.0. The van der Waals surface area contributed by atoms with Crippen molar-refractivity contribution < 1.29 is 4.79 Å².